The summed E-state index contributed by atoms with van der Waals surface area (Å²) in [6.45, 7) is 2.19. The molecule has 1 nitrogen and oxygen atoms in total. The number of fused-ring (bicyclic) bond motifs is 7. The molecule has 1 heterocycles. The van der Waals surface area contributed by atoms with Gasteiger partial charge in [0, 0.05) is 10.9 Å². The van der Waals surface area contributed by atoms with E-state index in [4.69, 9.17) is 4.98 Å². The van der Waals surface area contributed by atoms with Crippen LogP contribution in [0.3, 0.4) is 0 Å². The highest BCUT2D eigenvalue weighted by molar-refractivity contribution is 5.90. The Morgan fingerprint density at radius 1 is 0.714 bits per heavy atom. The molecule has 2 unspecified atom stereocenters. The van der Waals surface area contributed by atoms with Gasteiger partial charge in [-0.3, -0.25) is 0 Å². The highest BCUT2D eigenvalue weighted by atomic mass is 14.7. The fourth-order valence-electron chi connectivity index (χ4n) is 5.45. The molecule has 0 spiro atoms. The largest absolute Gasteiger partial charge is 0.247 e. The Morgan fingerprint density at radius 2 is 1.39 bits per heavy atom. The summed E-state index contributed by atoms with van der Waals surface area (Å²) in [5.74, 6) is 1.43. The summed E-state index contributed by atoms with van der Waals surface area (Å²) >= 11 is 0. The summed E-state index contributed by atoms with van der Waals surface area (Å²) in [6, 6.07) is 26.4. The zero-order chi connectivity index (χ0) is 18.7. The van der Waals surface area contributed by atoms with Gasteiger partial charge in [-0.2, -0.15) is 0 Å². The minimum atomic E-state index is 0.696. The number of aryl methyl sites for hydroxylation is 1. The highest BCUT2D eigenvalue weighted by Crippen LogP contribution is 2.57. The van der Waals surface area contributed by atoms with Crippen molar-refractivity contribution in [1.29, 1.82) is 0 Å². The normalized spacial score (nSPS) is 19.9. The van der Waals surface area contributed by atoms with E-state index in [1.807, 2.05) is 0 Å². The summed E-state index contributed by atoms with van der Waals surface area (Å²) in [5.41, 5.74) is 10.6. The molecule has 3 aromatic carbocycles. The molecule has 2 bridgehead atoms. The first-order valence-corrected chi connectivity index (χ1v) is 10.4. The predicted octanol–water partition coefficient (Wildman–Crippen LogP) is 7.24. The molecule has 0 amide bonds. The minimum absolute atomic E-state index is 0.696. The molecule has 136 valence electrons. The summed E-state index contributed by atoms with van der Waals surface area (Å²) in [7, 11) is 0. The van der Waals surface area contributed by atoms with Crippen LogP contribution >= 0.6 is 0 Å². The molecule has 1 heteroatoms. The number of nitrogens with zero attached hydrogens (tertiary/aromatic N) is 1. The Labute approximate surface area is 166 Å². The van der Waals surface area contributed by atoms with Gasteiger partial charge in [0.05, 0.1) is 11.2 Å². The Balaban J connectivity index is 1.54. The Bertz CT molecular complexity index is 1190. The van der Waals surface area contributed by atoms with E-state index in [9.17, 15) is 0 Å². The van der Waals surface area contributed by atoms with Crippen molar-refractivity contribution in [3.05, 3.63) is 89.5 Å². The maximum Gasteiger partial charge on any atom is 0.0747 e. The quantitative estimate of drug-likeness (QED) is 0.366. The van der Waals surface area contributed by atoms with E-state index in [1.54, 1.807) is 11.1 Å². The Hall–Kier alpha value is -2.93. The lowest BCUT2D eigenvalue weighted by atomic mass is 9.86. The van der Waals surface area contributed by atoms with Crippen molar-refractivity contribution in [2.75, 3.05) is 0 Å². The lowest BCUT2D eigenvalue weighted by molar-refractivity contribution is 0.720. The maximum absolute atomic E-state index is 5.18. The number of hydrogen-bond acceptors (Lipinski definition) is 1. The van der Waals surface area contributed by atoms with Crippen molar-refractivity contribution < 1.29 is 0 Å². The van der Waals surface area contributed by atoms with Gasteiger partial charge in [0.25, 0.3) is 0 Å². The van der Waals surface area contributed by atoms with Gasteiger partial charge in [0.15, 0.2) is 0 Å². The zero-order valence-corrected chi connectivity index (χ0v) is 16.2. The maximum atomic E-state index is 5.18. The fraction of sp³-hybridized carbons (Fsp3) is 0.222. The van der Waals surface area contributed by atoms with E-state index < -0.39 is 0 Å². The molecule has 28 heavy (non-hydrogen) atoms. The molecule has 0 aliphatic heterocycles. The second-order valence-corrected chi connectivity index (χ2v) is 8.46. The molecule has 2 atom stereocenters. The average molecular weight is 361 g/mol. The lowest BCUT2D eigenvalue weighted by Crippen LogP contribution is -2.04. The van der Waals surface area contributed by atoms with Crippen LogP contribution in [-0.4, -0.2) is 4.98 Å². The molecular formula is C27H23N. The first-order valence-electron chi connectivity index (χ1n) is 10.4. The van der Waals surface area contributed by atoms with Crippen molar-refractivity contribution in [2.24, 2.45) is 0 Å². The second-order valence-electron chi connectivity index (χ2n) is 8.46. The monoisotopic (exact) mass is 361 g/mol. The van der Waals surface area contributed by atoms with Gasteiger partial charge in [-0.05, 0) is 72.4 Å². The minimum Gasteiger partial charge on any atom is -0.247 e. The van der Waals surface area contributed by atoms with Crippen molar-refractivity contribution in [1.82, 2.24) is 4.98 Å². The molecule has 2 aliphatic carbocycles. The smallest absolute Gasteiger partial charge is 0.0747 e. The summed E-state index contributed by atoms with van der Waals surface area (Å²) < 4.78 is 0. The van der Waals surface area contributed by atoms with E-state index in [2.05, 4.69) is 79.7 Å². The van der Waals surface area contributed by atoms with Crippen molar-refractivity contribution >= 4 is 10.9 Å². The molecule has 1 aromatic heterocycles. The van der Waals surface area contributed by atoms with Crippen LogP contribution in [0.4, 0.5) is 0 Å². The summed E-state index contributed by atoms with van der Waals surface area (Å²) in [5, 5.41) is 1.40. The number of rotatable bonds is 2. The van der Waals surface area contributed by atoms with Crippen LogP contribution in [0.1, 0.15) is 47.8 Å². The van der Waals surface area contributed by atoms with Gasteiger partial charge in [0.2, 0.25) is 0 Å². The van der Waals surface area contributed by atoms with E-state index >= 15 is 0 Å². The second kappa shape index (κ2) is 6.04. The van der Waals surface area contributed by atoms with Gasteiger partial charge in [-0.25, -0.2) is 4.98 Å². The van der Waals surface area contributed by atoms with Gasteiger partial charge in [-0.15, -0.1) is 0 Å². The van der Waals surface area contributed by atoms with Gasteiger partial charge < -0.3 is 0 Å². The third kappa shape index (κ3) is 2.36. The van der Waals surface area contributed by atoms with Gasteiger partial charge >= 0.3 is 0 Å². The molecule has 0 N–H and O–H groups in total. The molecule has 0 radical (unpaired) electrons. The van der Waals surface area contributed by atoms with Crippen LogP contribution in [0, 0.1) is 6.92 Å². The van der Waals surface area contributed by atoms with Gasteiger partial charge in [-0.1, -0.05) is 66.2 Å². The third-order valence-corrected chi connectivity index (χ3v) is 6.73. The molecule has 2 aliphatic rings. The number of aromatic nitrogens is 1. The standard InChI is InChI=1S/C27H23N/c1-17-7-14-24-23(15-17)25-21-12-13-22(16-21)26(25)27(28-24)20-10-8-19(9-11-20)18-5-3-2-4-6-18/h2-11,14-15,21-22H,12-13,16H2,1H3. The van der Waals surface area contributed by atoms with E-state index in [-0.39, 0.29) is 0 Å². The van der Waals surface area contributed by atoms with E-state index in [0.29, 0.717) is 5.92 Å². The number of pyridine rings is 1. The molecule has 1 saturated carbocycles. The third-order valence-electron chi connectivity index (χ3n) is 6.73. The molecular weight excluding hydrogens is 338 g/mol. The van der Waals surface area contributed by atoms with Crippen molar-refractivity contribution in [2.45, 2.75) is 38.0 Å². The van der Waals surface area contributed by atoms with Crippen LogP contribution in [-0.2, 0) is 0 Å². The molecule has 0 saturated heterocycles. The Morgan fingerprint density at radius 3 is 2.18 bits per heavy atom. The average Bonchev–Trinajstić information content (AvgIpc) is 3.37. The summed E-state index contributed by atoms with van der Waals surface area (Å²) in [4.78, 5) is 5.18. The first-order chi connectivity index (χ1) is 13.8. The first kappa shape index (κ1) is 16.1. The number of hydrogen-bond donors (Lipinski definition) is 0. The van der Waals surface area contributed by atoms with E-state index in [0.717, 1.165) is 11.4 Å². The van der Waals surface area contributed by atoms with E-state index in [1.165, 1.54) is 52.6 Å². The summed E-state index contributed by atoms with van der Waals surface area (Å²) in [6.07, 6.45) is 3.99. The highest BCUT2D eigenvalue weighted by Gasteiger charge is 2.40. The van der Waals surface area contributed by atoms with Gasteiger partial charge in [0.1, 0.15) is 0 Å². The predicted molar refractivity (Wildman–Crippen MR) is 117 cm³/mol. The molecule has 6 rings (SSSR count). The van der Waals surface area contributed by atoms with Crippen molar-refractivity contribution in [3.63, 3.8) is 0 Å². The Kier molecular flexibility index (Phi) is 3.46. The van der Waals surface area contributed by atoms with Crippen molar-refractivity contribution in [3.8, 4) is 22.4 Å². The SMILES string of the molecule is Cc1ccc2nc(-c3ccc(-c4ccccc4)cc3)c3c(c2c1)C1CCC3C1. The molecule has 4 aromatic rings. The topological polar surface area (TPSA) is 12.9 Å². The zero-order valence-electron chi connectivity index (χ0n) is 16.2. The van der Waals surface area contributed by atoms with Crippen LogP contribution in [0.5, 0.6) is 0 Å². The number of benzene rings is 3. The molecule has 1 fully saturated rings. The lowest BCUT2D eigenvalue weighted by Gasteiger charge is -2.21. The van der Waals surface area contributed by atoms with Crippen LogP contribution < -0.4 is 0 Å². The van der Waals surface area contributed by atoms with Crippen LogP contribution in [0.15, 0.2) is 72.8 Å². The fourth-order valence-corrected chi connectivity index (χ4v) is 5.45. The van der Waals surface area contributed by atoms with Crippen LogP contribution in [0.2, 0.25) is 0 Å². The van der Waals surface area contributed by atoms with Crippen LogP contribution in [0.25, 0.3) is 33.3 Å².